The molecule has 1 amide bonds. The van der Waals surface area contributed by atoms with E-state index < -0.39 is 17.3 Å². The normalized spacial score (nSPS) is 40.3. The quantitative estimate of drug-likeness (QED) is 0.567. The summed E-state index contributed by atoms with van der Waals surface area (Å²) >= 11 is 0. The van der Waals surface area contributed by atoms with Crippen molar-refractivity contribution in [3.8, 4) is 6.07 Å². The van der Waals surface area contributed by atoms with Gasteiger partial charge in [0, 0.05) is 13.2 Å². The van der Waals surface area contributed by atoms with Gasteiger partial charge in [0.2, 0.25) is 0 Å². The summed E-state index contributed by atoms with van der Waals surface area (Å²) in [6.07, 6.45) is 10.0. The van der Waals surface area contributed by atoms with Gasteiger partial charge in [-0.05, 0) is 124 Å². The van der Waals surface area contributed by atoms with Gasteiger partial charge in [-0.3, -0.25) is 4.79 Å². The number of halogens is 1. The molecule has 196 valence electrons. The SMILES string of the molecule is COC[C@@]1(O)CC[C@@H]2C3CC[C@@]4(C)C(CCC4[C@@H](C)NC(=O)c4ccc(C#N)cc4F)[C@@H]3CC[C@@H]2C1. The largest absolute Gasteiger partial charge is 0.387 e. The Bertz CT molecular complexity index is 1040. The minimum Gasteiger partial charge on any atom is -0.387 e. The first-order chi connectivity index (χ1) is 17.2. The lowest BCUT2D eigenvalue weighted by Gasteiger charge is -2.57. The zero-order chi connectivity index (χ0) is 25.7. The first-order valence-electron chi connectivity index (χ1n) is 13.9. The number of nitriles is 1. The van der Waals surface area contributed by atoms with Crippen LogP contribution >= 0.6 is 0 Å². The van der Waals surface area contributed by atoms with Crippen LogP contribution < -0.4 is 5.32 Å². The summed E-state index contributed by atoms with van der Waals surface area (Å²) in [6.45, 7) is 4.97. The number of methoxy groups -OCH3 is 1. The maximum atomic E-state index is 14.4. The number of carbonyl (C=O) groups is 1. The molecule has 2 N–H and O–H groups in total. The lowest BCUT2D eigenvalue weighted by molar-refractivity contribution is -0.125. The van der Waals surface area contributed by atoms with Gasteiger partial charge in [-0.1, -0.05) is 6.92 Å². The monoisotopic (exact) mass is 496 g/mol. The molecule has 4 aliphatic carbocycles. The van der Waals surface area contributed by atoms with E-state index in [0.717, 1.165) is 49.5 Å². The highest BCUT2D eigenvalue weighted by Gasteiger charge is 2.58. The summed E-state index contributed by atoms with van der Waals surface area (Å²) in [5, 5.41) is 23.1. The molecule has 5 rings (SSSR count). The molecule has 1 aromatic rings. The maximum absolute atomic E-state index is 14.4. The van der Waals surface area contributed by atoms with Crippen LogP contribution in [0, 0.1) is 58.1 Å². The number of rotatable bonds is 5. The Labute approximate surface area is 214 Å². The molecule has 4 aliphatic rings. The van der Waals surface area contributed by atoms with Gasteiger partial charge in [-0.25, -0.2) is 4.39 Å². The van der Waals surface area contributed by atoms with Crippen molar-refractivity contribution in [1.82, 2.24) is 5.32 Å². The molecule has 1 aromatic carbocycles. The van der Waals surface area contributed by atoms with Gasteiger partial charge in [-0.2, -0.15) is 5.26 Å². The molecule has 0 bridgehead atoms. The molecule has 9 atom stereocenters. The predicted molar refractivity (Wildman–Crippen MR) is 135 cm³/mol. The Kier molecular flexibility index (Phi) is 6.93. The zero-order valence-corrected chi connectivity index (χ0v) is 21.9. The molecular weight excluding hydrogens is 455 g/mol. The summed E-state index contributed by atoms with van der Waals surface area (Å²) in [7, 11) is 1.68. The number of amides is 1. The second-order valence-corrected chi connectivity index (χ2v) is 12.6. The van der Waals surface area contributed by atoms with Crippen LogP contribution in [0.2, 0.25) is 0 Å². The molecule has 0 saturated heterocycles. The molecule has 0 aliphatic heterocycles. The molecule has 0 heterocycles. The van der Waals surface area contributed by atoms with Gasteiger partial charge in [0.25, 0.3) is 5.91 Å². The van der Waals surface area contributed by atoms with Crippen LogP contribution in [0.25, 0.3) is 0 Å². The topological polar surface area (TPSA) is 82.3 Å². The summed E-state index contributed by atoms with van der Waals surface area (Å²) in [6, 6.07) is 5.92. The van der Waals surface area contributed by atoms with Crippen molar-refractivity contribution in [3.05, 3.63) is 35.1 Å². The van der Waals surface area contributed by atoms with E-state index in [1.54, 1.807) is 7.11 Å². The number of carbonyl (C=O) groups excluding carboxylic acids is 1. The van der Waals surface area contributed by atoms with Crippen LogP contribution in [-0.4, -0.2) is 36.4 Å². The molecule has 6 heteroatoms. The highest BCUT2D eigenvalue weighted by Crippen LogP contribution is 2.65. The number of fused-ring (bicyclic) bond motifs is 5. The maximum Gasteiger partial charge on any atom is 0.254 e. The average molecular weight is 497 g/mol. The van der Waals surface area contributed by atoms with Crippen LogP contribution in [0.5, 0.6) is 0 Å². The van der Waals surface area contributed by atoms with Gasteiger partial charge in [-0.15, -0.1) is 0 Å². The summed E-state index contributed by atoms with van der Waals surface area (Å²) in [4.78, 5) is 12.9. The van der Waals surface area contributed by atoms with E-state index in [1.165, 1.54) is 44.2 Å². The van der Waals surface area contributed by atoms with E-state index in [2.05, 4.69) is 19.2 Å². The zero-order valence-electron chi connectivity index (χ0n) is 21.9. The van der Waals surface area contributed by atoms with Crippen LogP contribution in [0.1, 0.15) is 87.6 Å². The molecule has 4 fully saturated rings. The van der Waals surface area contributed by atoms with Gasteiger partial charge < -0.3 is 15.2 Å². The van der Waals surface area contributed by atoms with Crippen molar-refractivity contribution in [2.45, 2.75) is 83.3 Å². The number of benzene rings is 1. The van der Waals surface area contributed by atoms with Crippen LogP contribution in [0.4, 0.5) is 4.39 Å². The molecule has 3 unspecified atom stereocenters. The first-order valence-corrected chi connectivity index (χ1v) is 13.9. The fraction of sp³-hybridized carbons (Fsp3) is 0.733. The molecule has 0 spiro atoms. The van der Waals surface area contributed by atoms with E-state index in [4.69, 9.17) is 10.00 Å². The number of hydrogen-bond acceptors (Lipinski definition) is 4. The molecule has 5 nitrogen and oxygen atoms in total. The Morgan fingerprint density at radius 1 is 1.19 bits per heavy atom. The van der Waals surface area contributed by atoms with Crippen LogP contribution in [0.3, 0.4) is 0 Å². The number of ether oxygens (including phenoxy) is 1. The molecule has 4 saturated carbocycles. The Morgan fingerprint density at radius 3 is 2.69 bits per heavy atom. The fourth-order valence-corrected chi connectivity index (χ4v) is 9.38. The number of nitrogens with one attached hydrogen (secondary N) is 1. The van der Waals surface area contributed by atoms with E-state index >= 15 is 0 Å². The van der Waals surface area contributed by atoms with Crippen molar-refractivity contribution in [3.63, 3.8) is 0 Å². The van der Waals surface area contributed by atoms with Crippen molar-refractivity contribution >= 4 is 5.91 Å². The van der Waals surface area contributed by atoms with Gasteiger partial charge in [0.05, 0.1) is 29.4 Å². The minimum atomic E-state index is -0.646. The summed E-state index contributed by atoms with van der Waals surface area (Å²) in [5.74, 6) is 2.85. The van der Waals surface area contributed by atoms with Crippen LogP contribution in [-0.2, 0) is 4.74 Å². The third-order valence-corrected chi connectivity index (χ3v) is 10.9. The summed E-state index contributed by atoms with van der Waals surface area (Å²) < 4.78 is 19.8. The van der Waals surface area contributed by atoms with E-state index in [-0.39, 0.29) is 22.6 Å². The predicted octanol–water partition coefficient (Wildman–Crippen LogP) is 5.46. The van der Waals surface area contributed by atoms with E-state index in [9.17, 15) is 14.3 Å². The lowest BCUT2D eigenvalue weighted by Crippen LogP contribution is -2.53. The molecular formula is C30H41FN2O3. The molecule has 0 aromatic heterocycles. The number of aliphatic hydroxyl groups is 1. The standard InChI is InChI=1S/C30H41FN2O3/c1-18(33-28(34)24-6-4-19(16-32)14-27(24)31)25-8-9-26-23-7-5-20-15-30(35,17-36-3)13-11-21(20)22(23)10-12-29(25,26)2/h4,6,14,18,20-23,25-26,35H,5,7-13,15,17H2,1-3H3,(H,33,34)/t18-,20-,21+,22?,23-,25?,26?,29-,30-/m1/s1. The molecule has 36 heavy (non-hydrogen) atoms. The Hall–Kier alpha value is -1.97. The van der Waals surface area contributed by atoms with Crippen molar-refractivity contribution < 1.29 is 19.0 Å². The van der Waals surface area contributed by atoms with Gasteiger partial charge in [0.15, 0.2) is 0 Å². The third-order valence-electron chi connectivity index (χ3n) is 10.9. The third kappa shape index (κ3) is 4.37. The van der Waals surface area contributed by atoms with E-state index in [0.29, 0.717) is 24.4 Å². The smallest absolute Gasteiger partial charge is 0.254 e. The van der Waals surface area contributed by atoms with Crippen molar-refractivity contribution in [2.24, 2.45) is 40.9 Å². The second kappa shape index (κ2) is 9.72. The van der Waals surface area contributed by atoms with Crippen molar-refractivity contribution in [1.29, 1.82) is 5.26 Å². The summed E-state index contributed by atoms with van der Waals surface area (Å²) in [5.41, 5.74) is -0.230. The molecule has 0 radical (unpaired) electrons. The highest BCUT2D eigenvalue weighted by atomic mass is 19.1. The Balaban J connectivity index is 1.26. The van der Waals surface area contributed by atoms with Crippen molar-refractivity contribution in [2.75, 3.05) is 13.7 Å². The first kappa shape index (κ1) is 25.7. The number of nitrogens with zero attached hydrogens (tertiary/aromatic N) is 1. The highest BCUT2D eigenvalue weighted by molar-refractivity contribution is 5.94. The lowest BCUT2D eigenvalue weighted by atomic mass is 9.48. The van der Waals surface area contributed by atoms with E-state index in [1.807, 2.05) is 6.07 Å². The second-order valence-electron chi connectivity index (χ2n) is 12.6. The fourth-order valence-electron chi connectivity index (χ4n) is 9.38. The van der Waals surface area contributed by atoms with Crippen LogP contribution in [0.15, 0.2) is 18.2 Å². The Morgan fingerprint density at radius 2 is 1.97 bits per heavy atom. The van der Waals surface area contributed by atoms with Gasteiger partial charge >= 0.3 is 0 Å². The minimum absolute atomic E-state index is 0.00770. The van der Waals surface area contributed by atoms with Gasteiger partial charge in [0.1, 0.15) is 5.82 Å². The number of hydrogen-bond donors (Lipinski definition) is 2. The average Bonchev–Trinajstić information content (AvgIpc) is 3.20.